The molecular weight excluding hydrogens is 450 g/mol. The fourth-order valence-corrected chi connectivity index (χ4v) is 5.64. The number of ether oxygens (including phenoxy) is 1. The lowest BCUT2D eigenvalue weighted by atomic mass is 10.1. The lowest BCUT2D eigenvalue weighted by Gasteiger charge is -2.18. The number of Topliss-reactive ketones (excluding diaryl/α,β-unsaturated/α-hetero) is 1. The number of rotatable bonds is 9. The molecule has 0 N–H and O–H groups in total. The number of benzene rings is 1. The Kier molecular flexibility index (Phi) is 7.27. The summed E-state index contributed by atoms with van der Waals surface area (Å²) < 4.78 is 33.5. The van der Waals surface area contributed by atoms with Crippen LogP contribution in [0.5, 0.6) is 0 Å². The zero-order valence-corrected chi connectivity index (χ0v) is 20.0. The van der Waals surface area contributed by atoms with E-state index in [4.69, 9.17) is 4.74 Å². The lowest BCUT2D eigenvalue weighted by molar-refractivity contribution is 0.0474. The molecule has 0 aliphatic carbocycles. The molecule has 0 amide bonds. The predicted molar refractivity (Wildman–Crippen MR) is 122 cm³/mol. The van der Waals surface area contributed by atoms with Crippen molar-refractivity contribution in [1.82, 2.24) is 13.9 Å². The molecule has 2 heterocycles. The monoisotopic (exact) mass is 475 g/mol. The Hall–Kier alpha value is -2.82. The van der Waals surface area contributed by atoms with Crippen molar-refractivity contribution in [2.75, 3.05) is 19.7 Å². The van der Waals surface area contributed by atoms with E-state index < -0.39 is 22.6 Å². The first-order valence-corrected chi connectivity index (χ1v) is 12.4. The maximum Gasteiger partial charge on any atom is 0.338 e. The van der Waals surface area contributed by atoms with E-state index in [-0.39, 0.29) is 16.2 Å². The van der Waals surface area contributed by atoms with Crippen molar-refractivity contribution in [3.8, 4) is 5.13 Å². The Labute approximate surface area is 191 Å². The highest BCUT2D eigenvalue weighted by molar-refractivity contribution is 7.89. The van der Waals surface area contributed by atoms with Gasteiger partial charge in [0.25, 0.3) is 0 Å². The van der Waals surface area contributed by atoms with E-state index in [1.54, 1.807) is 26.1 Å². The SMILES string of the molecule is CCN(CC)S(=O)(=O)c1ccc(C(=O)OCC(=O)c2cc(C)n(-c3nccs3)c2C)cc1. The van der Waals surface area contributed by atoms with Crippen LogP contribution in [0, 0.1) is 13.8 Å². The van der Waals surface area contributed by atoms with Crippen LogP contribution < -0.4 is 0 Å². The highest BCUT2D eigenvalue weighted by Gasteiger charge is 2.23. The average Bonchev–Trinajstić information content (AvgIpc) is 3.40. The Morgan fingerprint density at radius 2 is 1.78 bits per heavy atom. The largest absolute Gasteiger partial charge is 0.454 e. The summed E-state index contributed by atoms with van der Waals surface area (Å²) in [5.74, 6) is -1.02. The van der Waals surface area contributed by atoms with E-state index in [0.29, 0.717) is 18.7 Å². The maximum absolute atomic E-state index is 12.7. The van der Waals surface area contributed by atoms with E-state index >= 15 is 0 Å². The molecule has 1 aromatic carbocycles. The van der Waals surface area contributed by atoms with Gasteiger partial charge in [0, 0.05) is 41.6 Å². The van der Waals surface area contributed by atoms with Gasteiger partial charge in [0.2, 0.25) is 15.8 Å². The third kappa shape index (κ3) is 4.67. The molecule has 0 unspecified atom stereocenters. The number of ketones is 1. The number of hydrogen-bond acceptors (Lipinski definition) is 7. The molecule has 0 fully saturated rings. The summed E-state index contributed by atoms with van der Waals surface area (Å²) in [6.45, 7) is 7.52. The van der Waals surface area contributed by atoms with Crippen molar-refractivity contribution < 1.29 is 22.7 Å². The first-order chi connectivity index (χ1) is 15.2. The first kappa shape index (κ1) is 23.8. The molecule has 0 saturated carbocycles. The van der Waals surface area contributed by atoms with Crippen molar-refractivity contribution in [3.05, 3.63) is 64.4 Å². The topological polar surface area (TPSA) is 98.6 Å². The summed E-state index contributed by atoms with van der Waals surface area (Å²) in [5, 5.41) is 2.62. The minimum Gasteiger partial charge on any atom is -0.454 e. The fourth-order valence-electron chi connectivity index (χ4n) is 3.43. The van der Waals surface area contributed by atoms with Gasteiger partial charge in [0.15, 0.2) is 11.7 Å². The normalized spacial score (nSPS) is 11.7. The van der Waals surface area contributed by atoms with Crippen molar-refractivity contribution in [1.29, 1.82) is 0 Å². The average molecular weight is 476 g/mol. The van der Waals surface area contributed by atoms with Crippen LogP contribution in [0.3, 0.4) is 0 Å². The van der Waals surface area contributed by atoms with E-state index in [0.717, 1.165) is 16.5 Å². The zero-order chi connectivity index (χ0) is 23.5. The van der Waals surface area contributed by atoms with Gasteiger partial charge in [-0.3, -0.25) is 9.36 Å². The van der Waals surface area contributed by atoms with E-state index in [9.17, 15) is 18.0 Å². The fraction of sp³-hybridized carbons (Fsp3) is 0.318. The predicted octanol–water partition coefficient (Wildman–Crippen LogP) is 3.62. The zero-order valence-electron chi connectivity index (χ0n) is 18.4. The molecule has 10 heteroatoms. The van der Waals surface area contributed by atoms with Crippen LogP contribution in [0.4, 0.5) is 0 Å². The van der Waals surface area contributed by atoms with Gasteiger partial charge in [0.05, 0.1) is 10.5 Å². The van der Waals surface area contributed by atoms with Crippen molar-refractivity contribution in [2.24, 2.45) is 0 Å². The van der Waals surface area contributed by atoms with Crippen LogP contribution in [0.25, 0.3) is 5.13 Å². The highest BCUT2D eigenvalue weighted by Crippen LogP contribution is 2.23. The van der Waals surface area contributed by atoms with Gasteiger partial charge in [-0.25, -0.2) is 18.2 Å². The third-order valence-electron chi connectivity index (χ3n) is 5.11. The van der Waals surface area contributed by atoms with Crippen molar-refractivity contribution in [2.45, 2.75) is 32.6 Å². The minimum atomic E-state index is -3.61. The summed E-state index contributed by atoms with van der Waals surface area (Å²) in [6.07, 6.45) is 1.70. The van der Waals surface area contributed by atoms with Gasteiger partial charge < -0.3 is 4.74 Å². The molecule has 0 saturated heterocycles. The standard InChI is InChI=1S/C22H25N3O5S2/c1-5-24(6-2)32(28,29)18-9-7-17(8-10-18)21(27)30-14-20(26)19-13-15(3)25(16(19)4)22-23-11-12-31-22/h7-13H,5-6,14H2,1-4H3. The van der Waals surface area contributed by atoms with E-state index in [1.165, 1.54) is 39.9 Å². The molecule has 2 aromatic heterocycles. The quantitative estimate of drug-likeness (QED) is 0.346. The van der Waals surface area contributed by atoms with E-state index in [2.05, 4.69) is 4.98 Å². The Morgan fingerprint density at radius 1 is 1.12 bits per heavy atom. The van der Waals surface area contributed by atoms with Crippen molar-refractivity contribution >= 4 is 33.1 Å². The molecule has 170 valence electrons. The van der Waals surface area contributed by atoms with E-state index in [1.807, 2.05) is 23.8 Å². The molecule has 0 radical (unpaired) electrons. The van der Waals surface area contributed by atoms with Crippen molar-refractivity contribution in [3.63, 3.8) is 0 Å². The molecule has 32 heavy (non-hydrogen) atoms. The summed E-state index contributed by atoms with van der Waals surface area (Å²) in [5.41, 5.74) is 2.22. The molecule has 3 rings (SSSR count). The second kappa shape index (κ2) is 9.76. The summed E-state index contributed by atoms with van der Waals surface area (Å²) in [4.78, 5) is 29.4. The highest BCUT2D eigenvalue weighted by atomic mass is 32.2. The number of aryl methyl sites for hydroxylation is 1. The number of carbonyl (C=O) groups is 2. The Morgan fingerprint density at radius 3 is 2.34 bits per heavy atom. The molecule has 3 aromatic rings. The van der Waals surface area contributed by atoms with Crippen LogP contribution in [0.1, 0.15) is 46.0 Å². The van der Waals surface area contributed by atoms with Gasteiger partial charge in [-0.05, 0) is 44.2 Å². The summed E-state index contributed by atoms with van der Waals surface area (Å²) in [6, 6.07) is 7.26. The van der Waals surface area contributed by atoms with Gasteiger partial charge in [0.1, 0.15) is 0 Å². The number of sulfonamides is 1. The van der Waals surface area contributed by atoms with Crippen LogP contribution in [-0.2, 0) is 14.8 Å². The molecule has 0 spiro atoms. The molecule has 8 nitrogen and oxygen atoms in total. The number of aromatic nitrogens is 2. The second-order valence-corrected chi connectivity index (χ2v) is 9.86. The van der Waals surface area contributed by atoms with Crippen LogP contribution >= 0.6 is 11.3 Å². The van der Waals surface area contributed by atoms with Crippen LogP contribution in [0.2, 0.25) is 0 Å². The third-order valence-corrected chi connectivity index (χ3v) is 7.93. The number of carbonyl (C=O) groups excluding carboxylic acids is 2. The molecule has 0 aliphatic rings. The van der Waals surface area contributed by atoms with Crippen LogP contribution in [0.15, 0.2) is 46.8 Å². The number of hydrogen-bond donors (Lipinski definition) is 0. The lowest BCUT2D eigenvalue weighted by Crippen LogP contribution is -2.30. The van der Waals surface area contributed by atoms with Gasteiger partial charge in [-0.1, -0.05) is 13.8 Å². The van der Waals surface area contributed by atoms with Crippen LogP contribution in [-0.4, -0.2) is 53.7 Å². The van der Waals surface area contributed by atoms with Gasteiger partial charge in [-0.15, -0.1) is 11.3 Å². The molecule has 0 aliphatic heterocycles. The summed E-state index contributed by atoms with van der Waals surface area (Å²) >= 11 is 1.46. The minimum absolute atomic E-state index is 0.100. The number of esters is 1. The smallest absolute Gasteiger partial charge is 0.338 e. The molecule has 0 bridgehead atoms. The number of nitrogens with zero attached hydrogens (tertiary/aromatic N) is 3. The van der Waals surface area contributed by atoms with Gasteiger partial charge >= 0.3 is 5.97 Å². The number of thiazole rings is 1. The maximum atomic E-state index is 12.7. The van der Waals surface area contributed by atoms with Gasteiger partial charge in [-0.2, -0.15) is 4.31 Å². The molecule has 0 atom stereocenters. The Balaban J connectivity index is 1.69. The first-order valence-electron chi connectivity index (χ1n) is 10.1. The second-order valence-electron chi connectivity index (χ2n) is 7.05. The summed E-state index contributed by atoms with van der Waals surface area (Å²) in [7, 11) is -3.61. The Bertz CT molecular complexity index is 1210. The molecular formula is C22H25N3O5S2.